The van der Waals surface area contributed by atoms with Gasteiger partial charge in [-0.3, -0.25) is 0 Å². The summed E-state index contributed by atoms with van der Waals surface area (Å²) in [4.78, 5) is 2.06. The van der Waals surface area contributed by atoms with Crippen LogP contribution in [0.25, 0.3) is 0 Å². The molecule has 0 spiro atoms. The van der Waals surface area contributed by atoms with E-state index < -0.39 is 5.60 Å². The molecule has 0 saturated heterocycles. The van der Waals surface area contributed by atoms with Gasteiger partial charge in [0.25, 0.3) is 0 Å². The zero-order chi connectivity index (χ0) is 13.1. The van der Waals surface area contributed by atoms with Crippen LogP contribution in [0.1, 0.15) is 38.8 Å². The first-order valence-electron chi connectivity index (χ1n) is 6.13. The van der Waals surface area contributed by atoms with Crippen molar-refractivity contribution in [2.45, 2.75) is 38.8 Å². The summed E-state index contributed by atoms with van der Waals surface area (Å²) in [6.07, 6.45) is 0.910. The molecule has 0 radical (unpaired) electrons. The lowest BCUT2D eigenvalue weighted by atomic mass is 10.0. The van der Waals surface area contributed by atoms with Crippen LogP contribution in [0.5, 0.6) is 0 Å². The molecule has 0 fully saturated rings. The van der Waals surface area contributed by atoms with E-state index >= 15 is 0 Å². The predicted octanol–water partition coefficient (Wildman–Crippen LogP) is 2.30. The van der Waals surface area contributed by atoms with Gasteiger partial charge in [-0.1, -0.05) is 25.1 Å². The Kier molecular flexibility index (Phi) is 4.54. The SMILES string of the molecule is CC[C@H](N)c1ccccc1N(C)CC(C)(C)O. The van der Waals surface area contributed by atoms with Crippen molar-refractivity contribution < 1.29 is 5.11 Å². The lowest BCUT2D eigenvalue weighted by Crippen LogP contribution is -2.37. The van der Waals surface area contributed by atoms with E-state index in [9.17, 15) is 5.11 Å². The van der Waals surface area contributed by atoms with E-state index in [2.05, 4.69) is 24.0 Å². The molecule has 0 heterocycles. The van der Waals surface area contributed by atoms with Crippen LogP contribution in [0.15, 0.2) is 24.3 Å². The second kappa shape index (κ2) is 5.52. The van der Waals surface area contributed by atoms with Crippen molar-refractivity contribution in [1.82, 2.24) is 0 Å². The van der Waals surface area contributed by atoms with Crippen molar-refractivity contribution in [2.75, 3.05) is 18.5 Å². The largest absolute Gasteiger partial charge is 0.389 e. The molecule has 0 bridgehead atoms. The summed E-state index contributed by atoms with van der Waals surface area (Å²) >= 11 is 0. The molecule has 0 aliphatic rings. The van der Waals surface area contributed by atoms with Gasteiger partial charge in [-0.2, -0.15) is 0 Å². The van der Waals surface area contributed by atoms with Crippen molar-refractivity contribution in [2.24, 2.45) is 5.73 Å². The van der Waals surface area contributed by atoms with Crippen LogP contribution in [0.2, 0.25) is 0 Å². The van der Waals surface area contributed by atoms with E-state index in [1.165, 1.54) is 0 Å². The van der Waals surface area contributed by atoms with E-state index in [-0.39, 0.29) is 6.04 Å². The highest BCUT2D eigenvalue weighted by Crippen LogP contribution is 2.26. The molecule has 3 N–H and O–H groups in total. The molecule has 0 saturated carbocycles. The van der Waals surface area contributed by atoms with Crippen molar-refractivity contribution in [3.8, 4) is 0 Å². The first-order valence-corrected chi connectivity index (χ1v) is 6.13. The fraction of sp³-hybridized carbons (Fsp3) is 0.571. The number of likely N-dealkylation sites (N-methyl/N-ethyl adjacent to an activating group) is 1. The van der Waals surface area contributed by atoms with Gasteiger partial charge >= 0.3 is 0 Å². The smallest absolute Gasteiger partial charge is 0.0765 e. The summed E-state index contributed by atoms with van der Waals surface area (Å²) in [7, 11) is 1.99. The van der Waals surface area contributed by atoms with E-state index in [1.54, 1.807) is 0 Å². The minimum Gasteiger partial charge on any atom is -0.389 e. The molecule has 0 amide bonds. The number of anilines is 1. The molecular weight excluding hydrogens is 212 g/mol. The van der Waals surface area contributed by atoms with Crippen LogP contribution in [0.3, 0.4) is 0 Å². The maximum absolute atomic E-state index is 9.86. The second-order valence-electron chi connectivity index (χ2n) is 5.24. The number of nitrogens with two attached hydrogens (primary N) is 1. The van der Waals surface area contributed by atoms with Crippen molar-refractivity contribution in [3.63, 3.8) is 0 Å². The van der Waals surface area contributed by atoms with E-state index in [0.717, 1.165) is 17.7 Å². The normalized spacial score (nSPS) is 13.5. The summed E-state index contributed by atoms with van der Waals surface area (Å²) in [5, 5.41) is 9.86. The molecule has 0 aliphatic heterocycles. The Balaban J connectivity index is 2.97. The van der Waals surface area contributed by atoms with Gasteiger partial charge in [0, 0.05) is 25.3 Å². The highest BCUT2D eigenvalue weighted by atomic mass is 16.3. The Morgan fingerprint density at radius 1 is 1.35 bits per heavy atom. The molecule has 3 heteroatoms. The summed E-state index contributed by atoms with van der Waals surface area (Å²) in [5.41, 5.74) is 7.64. The Morgan fingerprint density at radius 2 is 1.94 bits per heavy atom. The molecule has 0 unspecified atom stereocenters. The van der Waals surface area contributed by atoms with Gasteiger partial charge in [-0.05, 0) is 31.9 Å². The lowest BCUT2D eigenvalue weighted by Gasteiger charge is -2.30. The number of para-hydroxylation sites is 1. The van der Waals surface area contributed by atoms with Gasteiger partial charge in [0.05, 0.1) is 5.60 Å². The van der Waals surface area contributed by atoms with E-state index in [1.807, 2.05) is 33.0 Å². The molecule has 1 atom stereocenters. The number of hydrogen-bond donors (Lipinski definition) is 2. The zero-order valence-corrected chi connectivity index (χ0v) is 11.3. The molecule has 3 nitrogen and oxygen atoms in total. The number of rotatable bonds is 5. The Bertz CT molecular complexity index is 357. The van der Waals surface area contributed by atoms with Gasteiger partial charge in [0.1, 0.15) is 0 Å². The van der Waals surface area contributed by atoms with Crippen LogP contribution < -0.4 is 10.6 Å². The topological polar surface area (TPSA) is 49.5 Å². The highest BCUT2D eigenvalue weighted by molar-refractivity contribution is 5.54. The predicted molar refractivity (Wildman–Crippen MR) is 73.2 cm³/mol. The molecule has 0 aliphatic carbocycles. The molecule has 0 aromatic heterocycles. The maximum atomic E-state index is 9.86. The van der Waals surface area contributed by atoms with Gasteiger partial charge < -0.3 is 15.7 Å². The van der Waals surface area contributed by atoms with Crippen LogP contribution >= 0.6 is 0 Å². The van der Waals surface area contributed by atoms with Crippen LogP contribution in [-0.4, -0.2) is 24.3 Å². The Labute approximate surface area is 104 Å². The lowest BCUT2D eigenvalue weighted by molar-refractivity contribution is 0.0886. The zero-order valence-electron chi connectivity index (χ0n) is 11.3. The average Bonchev–Trinajstić information content (AvgIpc) is 2.25. The summed E-state index contributed by atoms with van der Waals surface area (Å²) in [6, 6.07) is 8.17. The van der Waals surface area contributed by atoms with Crippen LogP contribution in [0, 0.1) is 0 Å². The third-order valence-corrected chi connectivity index (χ3v) is 2.81. The summed E-state index contributed by atoms with van der Waals surface area (Å²) < 4.78 is 0. The molecule has 1 rings (SSSR count). The van der Waals surface area contributed by atoms with E-state index in [4.69, 9.17) is 5.73 Å². The average molecular weight is 236 g/mol. The summed E-state index contributed by atoms with van der Waals surface area (Å²) in [5.74, 6) is 0. The van der Waals surface area contributed by atoms with Crippen molar-refractivity contribution in [3.05, 3.63) is 29.8 Å². The number of nitrogens with zero attached hydrogens (tertiary/aromatic N) is 1. The molecule has 1 aromatic carbocycles. The summed E-state index contributed by atoms with van der Waals surface area (Å²) in [6.45, 7) is 6.29. The number of aliphatic hydroxyl groups is 1. The minimum absolute atomic E-state index is 0.0513. The maximum Gasteiger partial charge on any atom is 0.0765 e. The van der Waals surface area contributed by atoms with E-state index in [0.29, 0.717) is 6.54 Å². The molecular formula is C14H24N2O. The standard InChI is InChI=1S/C14H24N2O/c1-5-12(15)11-8-6-7-9-13(11)16(4)10-14(2,3)17/h6-9,12,17H,5,10,15H2,1-4H3/t12-/m0/s1. The monoisotopic (exact) mass is 236 g/mol. The first-order chi connectivity index (χ1) is 7.85. The third kappa shape index (κ3) is 4.02. The van der Waals surface area contributed by atoms with Crippen molar-refractivity contribution in [1.29, 1.82) is 0 Å². The van der Waals surface area contributed by atoms with Gasteiger partial charge in [-0.25, -0.2) is 0 Å². The van der Waals surface area contributed by atoms with Crippen molar-refractivity contribution >= 4 is 5.69 Å². The molecule has 1 aromatic rings. The number of hydrogen-bond acceptors (Lipinski definition) is 3. The molecule has 17 heavy (non-hydrogen) atoms. The van der Waals surface area contributed by atoms with Crippen LogP contribution in [0.4, 0.5) is 5.69 Å². The minimum atomic E-state index is -0.710. The van der Waals surface area contributed by atoms with Gasteiger partial charge in [0.2, 0.25) is 0 Å². The highest BCUT2D eigenvalue weighted by Gasteiger charge is 2.18. The molecule has 96 valence electrons. The van der Waals surface area contributed by atoms with Gasteiger partial charge in [-0.15, -0.1) is 0 Å². The third-order valence-electron chi connectivity index (χ3n) is 2.81. The number of benzene rings is 1. The Morgan fingerprint density at radius 3 is 2.47 bits per heavy atom. The van der Waals surface area contributed by atoms with Gasteiger partial charge in [0.15, 0.2) is 0 Å². The Hall–Kier alpha value is -1.06. The second-order valence-corrected chi connectivity index (χ2v) is 5.24. The fourth-order valence-electron chi connectivity index (χ4n) is 2.03. The quantitative estimate of drug-likeness (QED) is 0.824. The van der Waals surface area contributed by atoms with Crippen LogP contribution in [-0.2, 0) is 0 Å². The first kappa shape index (κ1) is 14.0. The fourth-order valence-corrected chi connectivity index (χ4v) is 2.03.